The number of nitrogens with one attached hydrogen (secondary N) is 1. The van der Waals surface area contributed by atoms with Gasteiger partial charge < -0.3 is 34.7 Å². The molecule has 0 bridgehead atoms. The molecule has 3 N–H and O–H groups in total. The number of hydrogen-bond donors (Lipinski definition) is 2. The molecule has 1 aliphatic heterocycles. The van der Waals surface area contributed by atoms with Crippen molar-refractivity contribution in [3.05, 3.63) is 11.8 Å². The van der Waals surface area contributed by atoms with E-state index in [0.717, 1.165) is 0 Å². The second-order valence-corrected chi connectivity index (χ2v) is 6.06. The number of esters is 3. The zero-order valence-corrected chi connectivity index (χ0v) is 16.4. The van der Waals surface area contributed by atoms with Crippen molar-refractivity contribution in [2.24, 2.45) is 5.73 Å². The first-order chi connectivity index (χ1) is 13.1. The molecule has 0 radical (unpaired) electrons. The van der Waals surface area contributed by atoms with Gasteiger partial charge in [0.1, 0.15) is 12.7 Å². The Morgan fingerprint density at radius 2 is 1.82 bits per heavy atom. The lowest BCUT2D eigenvalue weighted by Gasteiger charge is -2.40. The van der Waals surface area contributed by atoms with Crippen molar-refractivity contribution >= 4 is 23.8 Å². The summed E-state index contributed by atoms with van der Waals surface area (Å²) in [5.41, 5.74) is 6.09. The highest BCUT2D eigenvalue weighted by Crippen LogP contribution is 2.25. The topological polar surface area (TPSA) is 152 Å². The fourth-order valence-corrected chi connectivity index (χ4v) is 2.76. The SMILES string of the molecule is COC(=O)C1=C[C@H](N)[C@@H](NC(C)=O)[C@H]([C@H](OC)[C@@H](COC(C)=O)OC(C)=O)O1. The molecule has 1 heterocycles. The Balaban J connectivity index is 3.26. The highest BCUT2D eigenvalue weighted by atomic mass is 16.6. The second kappa shape index (κ2) is 10.6. The number of carbonyl (C=O) groups excluding carboxylic acids is 4. The molecular formula is C17H26N2O9. The number of nitrogens with two attached hydrogens (primary N) is 1. The molecule has 0 aromatic rings. The summed E-state index contributed by atoms with van der Waals surface area (Å²) >= 11 is 0. The lowest BCUT2D eigenvalue weighted by molar-refractivity contribution is -0.178. The molecule has 0 aromatic heterocycles. The number of hydrogen-bond acceptors (Lipinski definition) is 10. The van der Waals surface area contributed by atoms with Crippen LogP contribution in [0, 0.1) is 0 Å². The average molecular weight is 402 g/mol. The predicted molar refractivity (Wildman–Crippen MR) is 93.5 cm³/mol. The molecule has 0 aliphatic carbocycles. The van der Waals surface area contributed by atoms with Gasteiger partial charge in [0, 0.05) is 27.9 Å². The van der Waals surface area contributed by atoms with E-state index in [1.54, 1.807) is 0 Å². The number of rotatable bonds is 8. The quantitative estimate of drug-likeness (QED) is 0.373. The third-order valence-corrected chi connectivity index (χ3v) is 3.86. The number of methoxy groups -OCH3 is 2. The van der Waals surface area contributed by atoms with Gasteiger partial charge >= 0.3 is 17.9 Å². The fraction of sp³-hybridized carbons (Fsp3) is 0.647. The van der Waals surface area contributed by atoms with Gasteiger partial charge in [-0.2, -0.15) is 0 Å². The van der Waals surface area contributed by atoms with Crippen LogP contribution in [-0.2, 0) is 42.9 Å². The largest absolute Gasteiger partial charge is 0.478 e. The van der Waals surface area contributed by atoms with Crippen molar-refractivity contribution in [2.45, 2.75) is 51.2 Å². The third kappa shape index (κ3) is 6.50. The Morgan fingerprint density at radius 3 is 2.29 bits per heavy atom. The summed E-state index contributed by atoms with van der Waals surface area (Å²) in [6.45, 7) is 3.32. The van der Waals surface area contributed by atoms with Crippen LogP contribution in [0.25, 0.3) is 0 Å². The van der Waals surface area contributed by atoms with Crippen molar-refractivity contribution in [3.8, 4) is 0 Å². The highest BCUT2D eigenvalue weighted by molar-refractivity contribution is 5.86. The summed E-state index contributed by atoms with van der Waals surface area (Å²) < 4.78 is 25.9. The van der Waals surface area contributed by atoms with Crippen LogP contribution in [0.15, 0.2) is 11.8 Å². The number of amides is 1. The average Bonchev–Trinajstić information content (AvgIpc) is 2.60. The Hall–Kier alpha value is -2.66. The van der Waals surface area contributed by atoms with Crippen LogP contribution in [0.1, 0.15) is 20.8 Å². The van der Waals surface area contributed by atoms with E-state index >= 15 is 0 Å². The van der Waals surface area contributed by atoms with Crippen molar-refractivity contribution < 1.29 is 42.9 Å². The molecule has 0 saturated carbocycles. The molecule has 1 amide bonds. The maximum Gasteiger partial charge on any atom is 0.373 e. The molecule has 0 aromatic carbocycles. The smallest absolute Gasteiger partial charge is 0.373 e. The Labute approximate surface area is 162 Å². The van der Waals surface area contributed by atoms with Crippen LogP contribution < -0.4 is 11.1 Å². The normalized spacial score (nSPS) is 23.4. The molecule has 11 nitrogen and oxygen atoms in total. The van der Waals surface area contributed by atoms with Gasteiger partial charge in [-0.25, -0.2) is 4.79 Å². The summed E-state index contributed by atoms with van der Waals surface area (Å²) in [4.78, 5) is 46.2. The van der Waals surface area contributed by atoms with E-state index in [9.17, 15) is 19.2 Å². The van der Waals surface area contributed by atoms with E-state index in [2.05, 4.69) is 10.1 Å². The van der Waals surface area contributed by atoms with Crippen LogP contribution in [-0.4, -0.2) is 75.0 Å². The van der Waals surface area contributed by atoms with Crippen molar-refractivity contribution in [1.82, 2.24) is 5.32 Å². The summed E-state index contributed by atoms with van der Waals surface area (Å²) in [7, 11) is 2.48. The lowest BCUT2D eigenvalue weighted by atomic mass is 9.92. The molecular weight excluding hydrogens is 376 g/mol. The maximum absolute atomic E-state index is 11.9. The molecule has 1 aliphatic rings. The molecule has 1 rings (SSSR count). The molecule has 5 atom stereocenters. The van der Waals surface area contributed by atoms with Gasteiger partial charge in [-0.1, -0.05) is 0 Å². The van der Waals surface area contributed by atoms with Crippen molar-refractivity contribution in [3.63, 3.8) is 0 Å². The van der Waals surface area contributed by atoms with E-state index < -0.39 is 54.2 Å². The summed E-state index contributed by atoms with van der Waals surface area (Å²) in [6.07, 6.45) is -1.87. The maximum atomic E-state index is 11.9. The van der Waals surface area contributed by atoms with Crippen molar-refractivity contribution in [2.75, 3.05) is 20.8 Å². The van der Waals surface area contributed by atoms with Gasteiger partial charge in [-0.15, -0.1) is 0 Å². The minimum absolute atomic E-state index is 0.183. The van der Waals surface area contributed by atoms with Crippen molar-refractivity contribution in [1.29, 1.82) is 0 Å². The predicted octanol–water partition coefficient (Wildman–Crippen LogP) is -1.22. The van der Waals surface area contributed by atoms with Gasteiger partial charge in [0.2, 0.25) is 11.7 Å². The lowest BCUT2D eigenvalue weighted by Crippen LogP contribution is -2.62. The molecule has 11 heteroatoms. The summed E-state index contributed by atoms with van der Waals surface area (Å²) in [6, 6.07) is -1.66. The minimum Gasteiger partial charge on any atom is -0.478 e. The zero-order valence-electron chi connectivity index (χ0n) is 16.4. The van der Waals surface area contributed by atoms with Gasteiger partial charge in [-0.3, -0.25) is 14.4 Å². The van der Waals surface area contributed by atoms with Crippen LogP contribution in [0.4, 0.5) is 0 Å². The molecule has 158 valence electrons. The number of ether oxygens (including phenoxy) is 5. The highest BCUT2D eigenvalue weighted by Gasteiger charge is 2.45. The van der Waals surface area contributed by atoms with E-state index in [4.69, 9.17) is 24.7 Å². The second-order valence-electron chi connectivity index (χ2n) is 6.06. The van der Waals surface area contributed by atoms with E-state index in [-0.39, 0.29) is 12.4 Å². The van der Waals surface area contributed by atoms with Gasteiger partial charge in [-0.05, 0) is 6.08 Å². The van der Waals surface area contributed by atoms with Crippen LogP contribution >= 0.6 is 0 Å². The third-order valence-electron chi connectivity index (χ3n) is 3.86. The molecule has 0 fully saturated rings. The van der Waals surface area contributed by atoms with Gasteiger partial charge in [0.05, 0.1) is 19.2 Å². The Morgan fingerprint density at radius 1 is 1.18 bits per heavy atom. The van der Waals surface area contributed by atoms with E-state index in [1.165, 1.54) is 41.1 Å². The van der Waals surface area contributed by atoms with Gasteiger partial charge in [0.15, 0.2) is 12.2 Å². The van der Waals surface area contributed by atoms with Crippen LogP contribution in [0.3, 0.4) is 0 Å². The zero-order chi connectivity index (χ0) is 21.4. The summed E-state index contributed by atoms with van der Waals surface area (Å²) in [5.74, 6) is -2.61. The first-order valence-corrected chi connectivity index (χ1v) is 8.43. The molecule has 0 unspecified atom stereocenters. The monoisotopic (exact) mass is 402 g/mol. The van der Waals surface area contributed by atoms with Crippen LogP contribution in [0.2, 0.25) is 0 Å². The van der Waals surface area contributed by atoms with Crippen LogP contribution in [0.5, 0.6) is 0 Å². The Bertz CT molecular complexity index is 634. The first kappa shape index (κ1) is 23.4. The molecule has 28 heavy (non-hydrogen) atoms. The fourth-order valence-electron chi connectivity index (χ4n) is 2.76. The molecule has 0 saturated heterocycles. The Kier molecular flexibility index (Phi) is 8.86. The van der Waals surface area contributed by atoms with E-state index in [0.29, 0.717) is 0 Å². The van der Waals surface area contributed by atoms with Gasteiger partial charge in [0.25, 0.3) is 0 Å². The number of carbonyl (C=O) groups is 4. The first-order valence-electron chi connectivity index (χ1n) is 8.43. The summed E-state index contributed by atoms with van der Waals surface area (Å²) in [5, 5.41) is 2.63. The standard InChI is InChI=1S/C17H26N2O9/c1-8(20)19-14-11(18)6-12(17(23)25-5)28-16(14)15(24-4)13(27-10(3)22)7-26-9(2)21/h6,11,13-16H,7,18H2,1-5H3,(H,19,20)/t11-,13+,14+,15+,16+/m0/s1. The minimum atomic E-state index is -1.09. The molecule has 0 spiro atoms. The van der Waals surface area contributed by atoms with E-state index in [1.807, 2.05) is 0 Å².